The molecule has 114 valence electrons. The number of rotatable bonds is 4. The second-order valence-corrected chi connectivity index (χ2v) is 5.60. The third-order valence-electron chi connectivity index (χ3n) is 3.95. The number of hydrogen-bond donors (Lipinski definition) is 0. The Bertz CT molecular complexity index is 619. The number of Topliss-reactive ketones (excluding diaryl/α,β-unsaturated/α-hetero) is 1. The average molecular weight is 296 g/mol. The predicted octanol–water partition coefficient (Wildman–Crippen LogP) is 1.79. The number of carbonyl (C=O) groups excluding carboxylic acids is 1. The van der Waals surface area contributed by atoms with Crippen LogP contribution in [0.2, 0.25) is 0 Å². The van der Waals surface area contributed by atoms with Gasteiger partial charge in [0.2, 0.25) is 5.95 Å². The molecule has 0 saturated carbocycles. The molecular weight excluding hydrogens is 276 g/mol. The van der Waals surface area contributed by atoms with Crippen molar-refractivity contribution >= 4 is 11.7 Å². The Labute approximate surface area is 130 Å². The molecule has 0 N–H and O–H groups in total. The van der Waals surface area contributed by atoms with Crippen molar-refractivity contribution in [3.8, 4) is 0 Å². The van der Waals surface area contributed by atoms with Gasteiger partial charge in [0.15, 0.2) is 5.78 Å². The zero-order valence-corrected chi connectivity index (χ0v) is 12.8. The summed E-state index contributed by atoms with van der Waals surface area (Å²) in [5.74, 6) is 0.955. The lowest BCUT2D eigenvalue weighted by molar-refractivity contribution is 0.0926. The largest absolute Gasteiger partial charge is 0.338 e. The van der Waals surface area contributed by atoms with Crippen LogP contribution in [0.1, 0.15) is 15.9 Å². The maximum Gasteiger partial charge on any atom is 0.225 e. The fourth-order valence-electron chi connectivity index (χ4n) is 2.59. The van der Waals surface area contributed by atoms with Gasteiger partial charge in [0, 0.05) is 44.1 Å². The van der Waals surface area contributed by atoms with Crippen molar-refractivity contribution in [2.45, 2.75) is 6.92 Å². The number of nitrogens with zero attached hydrogens (tertiary/aromatic N) is 4. The number of piperazine rings is 1. The van der Waals surface area contributed by atoms with Crippen molar-refractivity contribution in [3.05, 3.63) is 53.9 Å². The van der Waals surface area contributed by atoms with Gasteiger partial charge in [-0.25, -0.2) is 9.97 Å². The second-order valence-electron chi connectivity index (χ2n) is 5.60. The third-order valence-corrected chi connectivity index (χ3v) is 3.95. The van der Waals surface area contributed by atoms with Gasteiger partial charge < -0.3 is 4.90 Å². The van der Waals surface area contributed by atoms with Crippen LogP contribution in [0.4, 0.5) is 5.95 Å². The first-order chi connectivity index (χ1) is 10.7. The average Bonchev–Trinajstić information content (AvgIpc) is 2.57. The topological polar surface area (TPSA) is 49.3 Å². The van der Waals surface area contributed by atoms with Crippen molar-refractivity contribution in [1.82, 2.24) is 14.9 Å². The summed E-state index contributed by atoms with van der Waals surface area (Å²) in [5.41, 5.74) is 1.97. The monoisotopic (exact) mass is 296 g/mol. The molecule has 0 radical (unpaired) electrons. The van der Waals surface area contributed by atoms with Gasteiger partial charge in [-0.1, -0.05) is 29.8 Å². The molecule has 1 saturated heterocycles. The Balaban J connectivity index is 1.53. The summed E-state index contributed by atoms with van der Waals surface area (Å²) in [4.78, 5) is 25.2. The molecule has 1 aliphatic heterocycles. The standard InChI is InChI=1S/C17H20N4O/c1-14-3-5-15(6-4-14)16(22)13-20-9-11-21(12-10-20)17-18-7-2-8-19-17/h2-8H,9-13H2,1H3. The molecule has 0 atom stereocenters. The Morgan fingerprint density at radius 1 is 1.05 bits per heavy atom. The molecule has 0 aliphatic carbocycles. The summed E-state index contributed by atoms with van der Waals surface area (Å²) in [6.07, 6.45) is 3.52. The highest BCUT2D eigenvalue weighted by Crippen LogP contribution is 2.11. The molecule has 22 heavy (non-hydrogen) atoms. The van der Waals surface area contributed by atoms with Crippen LogP contribution < -0.4 is 4.90 Å². The molecule has 1 fully saturated rings. The maximum absolute atomic E-state index is 12.3. The number of ketones is 1. The zero-order valence-electron chi connectivity index (χ0n) is 12.8. The summed E-state index contributed by atoms with van der Waals surface area (Å²) in [6.45, 7) is 5.92. The van der Waals surface area contributed by atoms with Gasteiger partial charge in [-0.05, 0) is 13.0 Å². The van der Waals surface area contributed by atoms with E-state index in [4.69, 9.17) is 0 Å². The summed E-state index contributed by atoms with van der Waals surface area (Å²) < 4.78 is 0. The minimum Gasteiger partial charge on any atom is -0.338 e. The molecule has 1 aromatic heterocycles. The molecule has 0 amide bonds. The lowest BCUT2D eigenvalue weighted by Gasteiger charge is -2.34. The molecule has 2 aromatic rings. The molecule has 3 rings (SSSR count). The molecule has 1 aromatic carbocycles. The van der Waals surface area contributed by atoms with E-state index in [1.165, 1.54) is 5.56 Å². The van der Waals surface area contributed by atoms with Crippen LogP contribution in [0.15, 0.2) is 42.7 Å². The molecular formula is C17H20N4O. The van der Waals surface area contributed by atoms with Gasteiger partial charge in [0.05, 0.1) is 6.54 Å². The first-order valence-corrected chi connectivity index (χ1v) is 7.56. The lowest BCUT2D eigenvalue weighted by Crippen LogP contribution is -2.48. The summed E-state index contributed by atoms with van der Waals surface area (Å²) >= 11 is 0. The van der Waals surface area contributed by atoms with E-state index in [0.717, 1.165) is 37.7 Å². The van der Waals surface area contributed by atoms with E-state index in [9.17, 15) is 4.79 Å². The number of anilines is 1. The molecule has 2 heterocycles. The van der Waals surface area contributed by atoms with Crippen molar-refractivity contribution in [1.29, 1.82) is 0 Å². The summed E-state index contributed by atoms with van der Waals surface area (Å²) in [7, 11) is 0. The predicted molar refractivity (Wildman–Crippen MR) is 86.2 cm³/mol. The summed E-state index contributed by atoms with van der Waals surface area (Å²) in [5, 5.41) is 0. The SMILES string of the molecule is Cc1ccc(C(=O)CN2CCN(c3ncccn3)CC2)cc1. The molecule has 1 aliphatic rings. The highest BCUT2D eigenvalue weighted by molar-refractivity contribution is 5.97. The number of aryl methyl sites for hydroxylation is 1. The minimum atomic E-state index is 0.185. The van der Waals surface area contributed by atoms with E-state index in [1.54, 1.807) is 12.4 Å². The van der Waals surface area contributed by atoms with Crippen molar-refractivity contribution in [3.63, 3.8) is 0 Å². The first-order valence-electron chi connectivity index (χ1n) is 7.56. The number of hydrogen-bond acceptors (Lipinski definition) is 5. The zero-order chi connectivity index (χ0) is 15.4. The fourth-order valence-corrected chi connectivity index (χ4v) is 2.59. The van der Waals surface area contributed by atoms with Gasteiger partial charge in [-0.2, -0.15) is 0 Å². The quantitative estimate of drug-likeness (QED) is 0.805. The van der Waals surface area contributed by atoms with Crippen LogP contribution >= 0.6 is 0 Å². The molecule has 0 spiro atoms. The van der Waals surface area contributed by atoms with Gasteiger partial charge >= 0.3 is 0 Å². The Morgan fingerprint density at radius 3 is 2.32 bits per heavy atom. The van der Waals surface area contributed by atoms with Gasteiger partial charge in [-0.3, -0.25) is 9.69 Å². The number of aromatic nitrogens is 2. The van der Waals surface area contributed by atoms with E-state index in [0.29, 0.717) is 6.54 Å². The first kappa shape index (κ1) is 14.7. The highest BCUT2D eigenvalue weighted by Gasteiger charge is 2.20. The fraction of sp³-hybridized carbons (Fsp3) is 0.353. The van der Waals surface area contributed by atoms with E-state index in [1.807, 2.05) is 37.3 Å². The number of benzene rings is 1. The maximum atomic E-state index is 12.3. The molecule has 5 heteroatoms. The second kappa shape index (κ2) is 6.66. The summed E-state index contributed by atoms with van der Waals surface area (Å²) in [6, 6.07) is 9.60. The van der Waals surface area contributed by atoms with Crippen LogP contribution in [-0.4, -0.2) is 53.4 Å². The molecule has 5 nitrogen and oxygen atoms in total. The van der Waals surface area contributed by atoms with E-state index >= 15 is 0 Å². The van der Waals surface area contributed by atoms with Crippen molar-refractivity contribution in [2.75, 3.05) is 37.6 Å². The number of carbonyl (C=O) groups is 1. The third kappa shape index (κ3) is 3.49. The highest BCUT2D eigenvalue weighted by atomic mass is 16.1. The molecule has 0 unspecified atom stereocenters. The van der Waals surface area contributed by atoms with Gasteiger partial charge in [0.1, 0.15) is 0 Å². The Morgan fingerprint density at radius 2 is 1.68 bits per heavy atom. The Hall–Kier alpha value is -2.27. The van der Waals surface area contributed by atoms with Crippen LogP contribution in [0, 0.1) is 6.92 Å². The minimum absolute atomic E-state index is 0.185. The van der Waals surface area contributed by atoms with E-state index in [-0.39, 0.29) is 5.78 Å². The lowest BCUT2D eigenvalue weighted by atomic mass is 10.1. The van der Waals surface area contributed by atoms with Crippen LogP contribution in [0.25, 0.3) is 0 Å². The van der Waals surface area contributed by atoms with Crippen LogP contribution in [0.3, 0.4) is 0 Å². The smallest absolute Gasteiger partial charge is 0.225 e. The molecule has 0 bridgehead atoms. The van der Waals surface area contributed by atoms with Gasteiger partial charge in [0.25, 0.3) is 0 Å². The van der Waals surface area contributed by atoms with Crippen LogP contribution in [0.5, 0.6) is 0 Å². The van der Waals surface area contributed by atoms with Crippen molar-refractivity contribution < 1.29 is 4.79 Å². The Kier molecular flexibility index (Phi) is 4.44. The van der Waals surface area contributed by atoms with E-state index in [2.05, 4.69) is 19.8 Å². The normalized spacial score (nSPS) is 15.8. The van der Waals surface area contributed by atoms with Crippen molar-refractivity contribution in [2.24, 2.45) is 0 Å². The van der Waals surface area contributed by atoms with E-state index < -0.39 is 0 Å². The van der Waals surface area contributed by atoms with Crippen LogP contribution in [-0.2, 0) is 0 Å². The van der Waals surface area contributed by atoms with Gasteiger partial charge in [-0.15, -0.1) is 0 Å².